The van der Waals surface area contributed by atoms with Gasteiger partial charge >= 0.3 is 0 Å². The van der Waals surface area contributed by atoms with Gasteiger partial charge in [-0.05, 0) is 24.3 Å². The molecule has 0 heterocycles. The zero-order valence-electron chi connectivity index (χ0n) is 9.96. The van der Waals surface area contributed by atoms with E-state index in [-0.39, 0.29) is 5.91 Å². The molecule has 0 aliphatic rings. The van der Waals surface area contributed by atoms with E-state index in [9.17, 15) is 13.6 Å². The summed E-state index contributed by atoms with van der Waals surface area (Å²) in [4.78, 5) is 12.1. The van der Waals surface area contributed by atoms with Gasteiger partial charge in [0.25, 0.3) is 5.76 Å². The van der Waals surface area contributed by atoms with Gasteiger partial charge in [-0.15, -0.1) is 0 Å². The Morgan fingerprint density at radius 2 is 1.76 bits per heavy atom. The van der Waals surface area contributed by atoms with Crippen molar-refractivity contribution in [3.63, 3.8) is 0 Å². The van der Waals surface area contributed by atoms with Gasteiger partial charge in [-0.2, -0.15) is 8.78 Å². The molecule has 0 aliphatic carbocycles. The fourth-order valence-corrected chi connectivity index (χ4v) is 1.54. The Hall–Kier alpha value is -1.10. The number of rotatable bonds is 3. The van der Waals surface area contributed by atoms with Crippen molar-refractivity contribution < 1.29 is 13.6 Å². The Kier molecular flexibility index (Phi) is 4.51. The van der Waals surface area contributed by atoms with Crippen molar-refractivity contribution >= 4 is 23.4 Å². The van der Waals surface area contributed by atoms with E-state index in [2.05, 4.69) is 5.32 Å². The average Bonchev–Trinajstić information content (AvgIpc) is 2.18. The van der Waals surface area contributed by atoms with Crippen molar-refractivity contribution in [3.8, 4) is 0 Å². The van der Waals surface area contributed by atoms with Crippen LogP contribution >= 0.6 is 11.8 Å². The van der Waals surface area contributed by atoms with Crippen LogP contribution in [0.2, 0.25) is 0 Å². The molecular weight excluding hydrogens is 244 g/mol. The second-order valence-electron chi connectivity index (χ2n) is 4.61. The highest BCUT2D eigenvalue weighted by Crippen LogP contribution is 2.26. The SMILES string of the molecule is CC(C)(C)C(=O)Nc1ccc(SC(F)F)cc1. The number of alkyl halides is 2. The molecule has 2 nitrogen and oxygen atoms in total. The van der Waals surface area contributed by atoms with Gasteiger partial charge < -0.3 is 5.32 Å². The molecule has 0 aromatic heterocycles. The molecule has 5 heteroatoms. The third kappa shape index (κ3) is 4.73. The summed E-state index contributed by atoms with van der Waals surface area (Å²) < 4.78 is 24.2. The molecule has 94 valence electrons. The molecule has 0 spiro atoms. The monoisotopic (exact) mass is 259 g/mol. The third-order valence-electron chi connectivity index (χ3n) is 2.02. The van der Waals surface area contributed by atoms with Gasteiger partial charge in [0.1, 0.15) is 0 Å². The summed E-state index contributed by atoms with van der Waals surface area (Å²) in [5.74, 6) is -2.53. The van der Waals surface area contributed by atoms with Crippen LogP contribution in [-0.2, 0) is 4.79 Å². The van der Waals surface area contributed by atoms with Crippen LogP contribution in [0.25, 0.3) is 0 Å². The van der Waals surface area contributed by atoms with Gasteiger partial charge in [0.05, 0.1) is 0 Å². The molecule has 0 saturated carbocycles. The van der Waals surface area contributed by atoms with Crippen molar-refractivity contribution in [1.29, 1.82) is 0 Å². The van der Waals surface area contributed by atoms with Crippen molar-refractivity contribution in [2.45, 2.75) is 31.4 Å². The number of benzene rings is 1. The summed E-state index contributed by atoms with van der Waals surface area (Å²) in [6, 6.07) is 6.37. The molecule has 1 N–H and O–H groups in total. The second kappa shape index (κ2) is 5.49. The number of halogens is 2. The lowest BCUT2D eigenvalue weighted by molar-refractivity contribution is -0.123. The van der Waals surface area contributed by atoms with Crippen LogP contribution in [-0.4, -0.2) is 11.7 Å². The van der Waals surface area contributed by atoms with E-state index < -0.39 is 11.2 Å². The Labute approximate surface area is 104 Å². The summed E-state index contributed by atoms with van der Waals surface area (Å²) in [5, 5.41) is 2.73. The number of hydrogen-bond donors (Lipinski definition) is 1. The molecule has 17 heavy (non-hydrogen) atoms. The minimum atomic E-state index is -2.43. The number of carbonyl (C=O) groups is 1. The number of hydrogen-bond acceptors (Lipinski definition) is 2. The molecule has 0 bridgehead atoms. The first kappa shape index (κ1) is 14.0. The lowest BCUT2D eigenvalue weighted by Gasteiger charge is -2.17. The van der Waals surface area contributed by atoms with Gasteiger partial charge in [0, 0.05) is 16.0 Å². The van der Waals surface area contributed by atoms with Crippen LogP contribution in [0, 0.1) is 5.41 Å². The Morgan fingerprint density at radius 3 is 2.18 bits per heavy atom. The van der Waals surface area contributed by atoms with Crippen molar-refractivity contribution in [1.82, 2.24) is 0 Å². The van der Waals surface area contributed by atoms with E-state index >= 15 is 0 Å². The quantitative estimate of drug-likeness (QED) is 0.832. The molecule has 0 fully saturated rings. The number of thioether (sulfide) groups is 1. The highest BCUT2D eigenvalue weighted by atomic mass is 32.2. The number of amides is 1. The number of nitrogens with one attached hydrogen (secondary N) is 1. The van der Waals surface area contributed by atoms with E-state index in [0.717, 1.165) is 0 Å². The van der Waals surface area contributed by atoms with E-state index in [0.29, 0.717) is 22.3 Å². The standard InChI is InChI=1S/C12H15F2NOS/c1-12(2,3)10(16)15-8-4-6-9(7-5-8)17-11(13)14/h4-7,11H,1-3H3,(H,15,16). The van der Waals surface area contributed by atoms with Crippen LogP contribution in [0.4, 0.5) is 14.5 Å². The summed E-state index contributed by atoms with van der Waals surface area (Å²) >= 11 is 0.486. The maximum Gasteiger partial charge on any atom is 0.288 e. The molecule has 1 aromatic carbocycles. The van der Waals surface area contributed by atoms with E-state index in [1.54, 1.807) is 24.3 Å². The van der Waals surface area contributed by atoms with Crippen LogP contribution in [0.15, 0.2) is 29.2 Å². The first-order chi connectivity index (χ1) is 7.79. The summed E-state index contributed by atoms with van der Waals surface area (Å²) in [5.41, 5.74) is 0.139. The predicted octanol–water partition coefficient (Wildman–Crippen LogP) is 3.99. The summed E-state index contributed by atoms with van der Waals surface area (Å²) in [7, 11) is 0. The zero-order chi connectivity index (χ0) is 13.1. The van der Waals surface area contributed by atoms with E-state index in [1.807, 2.05) is 20.8 Å². The fraction of sp³-hybridized carbons (Fsp3) is 0.417. The van der Waals surface area contributed by atoms with Crippen LogP contribution in [0.1, 0.15) is 20.8 Å². The van der Waals surface area contributed by atoms with Crippen molar-refractivity contribution in [2.24, 2.45) is 5.41 Å². The van der Waals surface area contributed by atoms with Crippen molar-refractivity contribution in [3.05, 3.63) is 24.3 Å². The van der Waals surface area contributed by atoms with Crippen LogP contribution in [0.5, 0.6) is 0 Å². The minimum Gasteiger partial charge on any atom is -0.326 e. The average molecular weight is 259 g/mol. The Morgan fingerprint density at radius 1 is 1.24 bits per heavy atom. The largest absolute Gasteiger partial charge is 0.326 e. The maximum absolute atomic E-state index is 12.1. The van der Waals surface area contributed by atoms with Gasteiger partial charge in [0.2, 0.25) is 5.91 Å². The lowest BCUT2D eigenvalue weighted by Crippen LogP contribution is -2.27. The summed E-state index contributed by atoms with van der Waals surface area (Å²) in [6.07, 6.45) is 0. The molecule has 0 radical (unpaired) electrons. The highest BCUT2D eigenvalue weighted by Gasteiger charge is 2.21. The normalized spacial score (nSPS) is 11.6. The predicted molar refractivity (Wildman–Crippen MR) is 66.4 cm³/mol. The van der Waals surface area contributed by atoms with Gasteiger partial charge in [-0.3, -0.25) is 4.79 Å². The number of anilines is 1. The van der Waals surface area contributed by atoms with Crippen LogP contribution < -0.4 is 5.32 Å². The molecule has 0 saturated heterocycles. The maximum atomic E-state index is 12.1. The Balaban J connectivity index is 2.66. The van der Waals surface area contributed by atoms with Crippen molar-refractivity contribution in [2.75, 3.05) is 5.32 Å². The van der Waals surface area contributed by atoms with E-state index in [1.165, 1.54) is 0 Å². The smallest absolute Gasteiger partial charge is 0.288 e. The zero-order valence-corrected chi connectivity index (χ0v) is 10.8. The molecule has 0 unspecified atom stereocenters. The topological polar surface area (TPSA) is 29.1 Å². The minimum absolute atomic E-state index is 0.105. The lowest BCUT2D eigenvalue weighted by atomic mass is 9.95. The summed E-state index contributed by atoms with van der Waals surface area (Å²) in [6.45, 7) is 5.43. The number of carbonyl (C=O) groups excluding carboxylic acids is 1. The van der Waals surface area contributed by atoms with E-state index in [4.69, 9.17) is 0 Å². The highest BCUT2D eigenvalue weighted by molar-refractivity contribution is 7.99. The fourth-order valence-electron chi connectivity index (χ4n) is 1.04. The Bertz CT molecular complexity index is 384. The van der Waals surface area contributed by atoms with Gasteiger partial charge in [-0.1, -0.05) is 32.5 Å². The molecule has 0 atom stereocenters. The molecule has 1 amide bonds. The van der Waals surface area contributed by atoms with Gasteiger partial charge in [0.15, 0.2) is 0 Å². The second-order valence-corrected chi connectivity index (χ2v) is 5.67. The third-order valence-corrected chi connectivity index (χ3v) is 2.74. The first-order valence-electron chi connectivity index (χ1n) is 5.15. The molecule has 1 rings (SSSR count). The van der Waals surface area contributed by atoms with Crippen LogP contribution in [0.3, 0.4) is 0 Å². The first-order valence-corrected chi connectivity index (χ1v) is 6.03. The molecular formula is C12H15F2NOS. The molecule has 1 aromatic rings. The molecule has 0 aliphatic heterocycles. The van der Waals surface area contributed by atoms with Gasteiger partial charge in [-0.25, -0.2) is 0 Å².